The number of aryl methyl sites for hydroxylation is 3. The normalized spacial score (nSPS) is 12.3. The Bertz CT molecular complexity index is 1050. The molecule has 1 heterocycles. The SMILES string of the molecule is Cc1cc(OC[C@H](O)CNCc2cc3c(C)ccc(C)c3[nH]c2=O)ccc1Cl. The Morgan fingerprint density at radius 1 is 1.11 bits per heavy atom. The van der Waals surface area contributed by atoms with Crippen molar-refractivity contribution >= 4 is 22.5 Å². The van der Waals surface area contributed by atoms with Crippen molar-refractivity contribution < 1.29 is 9.84 Å². The molecule has 0 saturated carbocycles. The highest BCUT2D eigenvalue weighted by molar-refractivity contribution is 6.31. The Hall–Kier alpha value is -2.34. The average molecular weight is 401 g/mol. The molecule has 3 N–H and O–H groups in total. The number of aliphatic hydroxyl groups is 1. The first kappa shape index (κ1) is 20.4. The number of aromatic nitrogens is 1. The standard InChI is InChI=1S/C22H25ClN2O3/c1-13-4-5-14(2)21-19(13)9-16(22(27)25-21)10-24-11-17(26)12-28-18-6-7-20(23)15(3)8-18/h4-9,17,24,26H,10-12H2,1-3H3,(H,25,27)/t17-/m1/s1. The number of pyridine rings is 1. The number of ether oxygens (including phenoxy) is 1. The highest BCUT2D eigenvalue weighted by Crippen LogP contribution is 2.21. The molecule has 148 valence electrons. The number of benzene rings is 2. The third-order valence-electron chi connectivity index (χ3n) is 4.79. The molecular weight excluding hydrogens is 376 g/mol. The number of hydrogen-bond acceptors (Lipinski definition) is 4. The van der Waals surface area contributed by atoms with Crippen LogP contribution in [0.5, 0.6) is 5.75 Å². The largest absolute Gasteiger partial charge is 0.491 e. The van der Waals surface area contributed by atoms with E-state index in [1.54, 1.807) is 12.1 Å². The van der Waals surface area contributed by atoms with Crippen molar-refractivity contribution in [1.29, 1.82) is 0 Å². The zero-order valence-electron chi connectivity index (χ0n) is 16.3. The summed E-state index contributed by atoms with van der Waals surface area (Å²) in [5.74, 6) is 0.665. The fourth-order valence-electron chi connectivity index (χ4n) is 3.08. The lowest BCUT2D eigenvalue weighted by Crippen LogP contribution is -2.32. The van der Waals surface area contributed by atoms with Gasteiger partial charge in [0.2, 0.25) is 0 Å². The predicted octanol–water partition coefficient (Wildman–Crippen LogP) is 3.64. The molecule has 2 aromatic carbocycles. The Morgan fingerprint density at radius 3 is 2.61 bits per heavy atom. The van der Waals surface area contributed by atoms with E-state index < -0.39 is 6.10 Å². The van der Waals surface area contributed by atoms with Crippen molar-refractivity contribution in [3.8, 4) is 5.75 Å². The van der Waals surface area contributed by atoms with Gasteiger partial charge in [0, 0.05) is 29.1 Å². The van der Waals surface area contributed by atoms with E-state index in [0.29, 0.717) is 29.4 Å². The highest BCUT2D eigenvalue weighted by atomic mass is 35.5. The number of nitrogens with one attached hydrogen (secondary N) is 2. The van der Waals surface area contributed by atoms with E-state index in [4.69, 9.17) is 16.3 Å². The second-order valence-corrected chi connectivity index (χ2v) is 7.53. The molecule has 0 amide bonds. The van der Waals surface area contributed by atoms with E-state index in [1.807, 2.05) is 45.0 Å². The van der Waals surface area contributed by atoms with Crippen LogP contribution in [0.15, 0.2) is 41.2 Å². The second kappa shape index (κ2) is 8.78. The lowest BCUT2D eigenvalue weighted by atomic mass is 10.0. The maximum absolute atomic E-state index is 12.3. The number of hydrogen-bond donors (Lipinski definition) is 3. The van der Waals surface area contributed by atoms with Gasteiger partial charge in [-0.2, -0.15) is 0 Å². The van der Waals surface area contributed by atoms with Gasteiger partial charge in [-0.25, -0.2) is 0 Å². The van der Waals surface area contributed by atoms with Crippen LogP contribution in [-0.4, -0.2) is 29.3 Å². The molecule has 3 aromatic rings. The third kappa shape index (κ3) is 4.73. The smallest absolute Gasteiger partial charge is 0.252 e. The van der Waals surface area contributed by atoms with Gasteiger partial charge in [-0.1, -0.05) is 23.7 Å². The zero-order valence-corrected chi connectivity index (χ0v) is 17.1. The van der Waals surface area contributed by atoms with Crippen LogP contribution in [0.25, 0.3) is 10.9 Å². The van der Waals surface area contributed by atoms with Gasteiger partial charge < -0.3 is 20.1 Å². The molecular formula is C22H25ClN2O3. The molecule has 5 nitrogen and oxygen atoms in total. The number of fused-ring (bicyclic) bond motifs is 1. The number of aliphatic hydroxyl groups excluding tert-OH is 1. The first-order valence-electron chi connectivity index (χ1n) is 9.25. The Morgan fingerprint density at radius 2 is 1.86 bits per heavy atom. The summed E-state index contributed by atoms with van der Waals surface area (Å²) in [6.45, 7) is 6.75. The molecule has 0 aliphatic heterocycles. The van der Waals surface area contributed by atoms with Crippen molar-refractivity contribution in [3.63, 3.8) is 0 Å². The summed E-state index contributed by atoms with van der Waals surface area (Å²) in [4.78, 5) is 15.3. The molecule has 0 bridgehead atoms. The van der Waals surface area contributed by atoms with Crippen molar-refractivity contribution in [3.05, 3.63) is 74.0 Å². The van der Waals surface area contributed by atoms with Crippen LogP contribution < -0.4 is 15.6 Å². The molecule has 0 fully saturated rings. The first-order chi connectivity index (χ1) is 13.3. The van der Waals surface area contributed by atoms with Crippen LogP contribution in [0.1, 0.15) is 22.3 Å². The summed E-state index contributed by atoms with van der Waals surface area (Å²) in [5.41, 5.74) is 4.49. The van der Waals surface area contributed by atoms with Gasteiger partial charge in [-0.15, -0.1) is 0 Å². The van der Waals surface area contributed by atoms with Gasteiger partial charge in [0.1, 0.15) is 18.5 Å². The minimum Gasteiger partial charge on any atom is -0.491 e. The van der Waals surface area contributed by atoms with Crippen molar-refractivity contribution in [2.45, 2.75) is 33.4 Å². The third-order valence-corrected chi connectivity index (χ3v) is 5.21. The first-order valence-corrected chi connectivity index (χ1v) is 9.63. The van der Waals surface area contributed by atoms with E-state index in [0.717, 1.165) is 27.6 Å². The van der Waals surface area contributed by atoms with Crippen LogP contribution in [-0.2, 0) is 6.54 Å². The zero-order chi connectivity index (χ0) is 20.3. The van der Waals surface area contributed by atoms with E-state index in [-0.39, 0.29) is 12.2 Å². The van der Waals surface area contributed by atoms with Gasteiger partial charge in [0.15, 0.2) is 0 Å². The van der Waals surface area contributed by atoms with Crippen LogP contribution in [0.2, 0.25) is 5.02 Å². The second-order valence-electron chi connectivity index (χ2n) is 7.12. The molecule has 0 spiro atoms. The van der Waals surface area contributed by atoms with Crippen molar-refractivity contribution in [2.75, 3.05) is 13.2 Å². The summed E-state index contributed by atoms with van der Waals surface area (Å²) in [6.07, 6.45) is -0.695. The monoisotopic (exact) mass is 400 g/mol. The number of halogens is 1. The highest BCUT2D eigenvalue weighted by Gasteiger charge is 2.09. The van der Waals surface area contributed by atoms with Gasteiger partial charge in [-0.3, -0.25) is 4.79 Å². The van der Waals surface area contributed by atoms with Crippen LogP contribution >= 0.6 is 11.6 Å². The van der Waals surface area contributed by atoms with Crippen molar-refractivity contribution in [2.24, 2.45) is 0 Å². The Balaban J connectivity index is 1.57. The van der Waals surface area contributed by atoms with Crippen LogP contribution in [0, 0.1) is 20.8 Å². The molecule has 0 aliphatic carbocycles. The van der Waals surface area contributed by atoms with E-state index in [9.17, 15) is 9.90 Å². The van der Waals surface area contributed by atoms with E-state index >= 15 is 0 Å². The van der Waals surface area contributed by atoms with Gasteiger partial charge >= 0.3 is 0 Å². The summed E-state index contributed by atoms with van der Waals surface area (Å²) in [5, 5.41) is 15.0. The fraction of sp³-hybridized carbons (Fsp3) is 0.318. The van der Waals surface area contributed by atoms with Gasteiger partial charge in [-0.05, 0) is 61.7 Å². The quantitative estimate of drug-likeness (QED) is 0.566. The minimum absolute atomic E-state index is 0.115. The maximum atomic E-state index is 12.3. The summed E-state index contributed by atoms with van der Waals surface area (Å²) >= 11 is 5.99. The lowest BCUT2D eigenvalue weighted by molar-refractivity contribution is 0.106. The fourth-order valence-corrected chi connectivity index (χ4v) is 3.20. The molecule has 28 heavy (non-hydrogen) atoms. The number of rotatable bonds is 7. The summed E-state index contributed by atoms with van der Waals surface area (Å²) in [6, 6.07) is 11.3. The van der Waals surface area contributed by atoms with E-state index in [2.05, 4.69) is 10.3 Å². The topological polar surface area (TPSA) is 74.3 Å². The lowest BCUT2D eigenvalue weighted by Gasteiger charge is -2.14. The van der Waals surface area contributed by atoms with Gasteiger partial charge in [0.25, 0.3) is 5.56 Å². The maximum Gasteiger partial charge on any atom is 0.252 e. The molecule has 1 atom stereocenters. The average Bonchev–Trinajstić information content (AvgIpc) is 2.66. The van der Waals surface area contributed by atoms with Crippen LogP contribution in [0.3, 0.4) is 0 Å². The molecule has 0 unspecified atom stereocenters. The van der Waals surface area contributed by atoms with Crippen molar-refractivity contribution in [1.82, 2.24) is 10.3 Å². The Labute approximate surface area is 169 Å². The summed E-state index contributed by atoms with van der Waals surface area (Å²) < 4.78 is 5.60. The number of H-pyrrole nitrogens is 1. The summed E-state index contributed by atoms with van der Waals surface area (Å²) in [7, 11) is 0. The van der Waals surface area contributed by atoms with Crippen LogP contribution in [0.4, 0.5) is 0 Å². The molecule has 1 aromatic heterocycles. The minimum atomic E-state index is -0.695. The number of aromatic amines is 1. The molecule has 0 radical (unpaired) electrons. The molecule has 0 aliphatic rings. The molecule has 6 heteroatoms. The van der Waals surface area contributed by atoms with E-state index in [1.165, 1.54) is 0 Å². The predicted molar refractivity (Wildman–Crippen MR) is 113 cm³/mol. The molecule has 0 saturated heterocycles. The van der Waals surface area contributed by atoms with Gasteiger partial charge in [0.05, 0.1) is 5.52 Å². The molecule has 3 rings (SSSR count). The Kier molecular flexibility index (Phi) is 6.39.